The molecule has 0 aliphatic rings. The van der Waals surface area contributed by atoms with Gasteiger partial charge >= 0.3 is 5.97 Å². The van der Waals surface area contributed by atoms with E-state index >= 15 is 0 Å². The first-order valence-electron chi connectivity index (χ1n) is 8.19. The first-order valence-corrected chi connectivity index (χ1v) is 8.98. The molecule has 0 unspecified atom stereocenters. The normalized spacial score (nSPS) is 11.1. The van der Waals surface area contributed by atoms with Crippen LogP contribution in [0.5, 0.6) is 11.5 Å². The number of hydrogen-bond donors (Lipinski definition) is 1. The summed E-state index contributed by atoms with van der Waals surface area (Å²) < 4.78 is 15.8. The number of nitrogens with zero attached hydrogens (tertiary/aromatic N) is 2. The van der Waals surface area contributed by atoms with Crippen molar-refractivity contribution in [2.45, 2.75) is 0 Å². The van der Waals surface area contributed by atoms with Crippen LogP contribution in [0.3, 0.4) is 0 Å². The molecule has 2 aromatic carbocycles. The number of allylic oxidation sites excluding steroid dienone is 1. The third kappa shape index (κ3) is 4.32. The average Bonchev–Trinajstić information content (AvgIpc) is 3.13. The maximum absolute atomic E-state index is 11.2. The topological polar surface area (TPSA) is 97.2 Å². The van der Waals surface area contributed by atoms with E-state index < -0.39 is 5.97 Å². The number of methoxy groups -OCH3 is 2. The Kier molecular flexibility index (Phi) is 5.96. The van der Waals surface area contributed by atoms with Gasteiger partial charge < -0.3 is 19.2 Å². The molecule has 0 spiro atoms. The number of halogens is 1. The third-order valence-electron chi connectivity index (χ3n) is 3.90. The predicted molar refractivity (Wildman–Crippen MR) is 108 cm³/mol. The van der Waals surface area contributed by atoms with E-state index in [1.807, 2.05) is 18.2 Å². The van der Waals surface area contributed by atoms with Gasteiger partial charge in [-0.15, -0.1) is 0 Å². The number of nitriles is 1. The second kappa shape index (κ2) is 8.59. The van der Waals surface area contributed by atoms with E-state index in [0.717, 1.165) is 16.6 Å². The Morgan fingerprint density at radius 3 is 2.79 bits per heavy atom. The van der Waals surface area contributed by atoms with Gasteiger partial charge in [-0.3, -0.25) is 0 Å². The zero-order valence-electron chi connectivity index (χ0n) is 15.2. The summed E-state index contributed by atoms with van der Waals surface area (Å²) >= 11 is 3.40. The van der Waals surface area contributed by atoms with Crippen molar-refractivity contribution >= 4 is 44.6 Å². The molecule has 28 heavy (non-hydrogen) atoms. The van der Waals surface area contributed by atoms with Crippen LogP contribution < -0.4 is 9.47 Å². The summed E-state index contributed by atoms with van der Waals surface area (Å²) in [4.78, 5) is 18.8. The van der Waals surface area contributed by atoms with Crippen LogP contribution in [-0.4, -0.2) is 36.8 Å². The quantitative estimate of drug-likeness (QED) is 0.459. The van der Waals surface area contributed by atoms with Crippen LogP contribution >= 0.6 is 15.9 Å². The molecule has 0 radical (unpaired) electrons. The number of hydrogen-bond acceptors (Lipinski definition) is 6. The van der Waals surface area contributed by atoms with Crippen molar-refractivity contribution in [3.8, 4) is 17.6 Å². The highest BCUT2D eigenvalue weighted by molar-refractivity contribution is 9.10. The Balaban J connectivity index is 1.87. The highest BCUT2D eigenvalue weighted by Gasteiger charge is 2.10. The Morgan fingerprint density at radius 2 is 2.11 bits per heavy atom. The molecule has 3 aromatic rings. The maximum atomic E-state index is 11.2. The molecule has 0 aliphatic heterocycles. The van der Waals surface area contributed by atoms with E-state index in [-0.39, 0.29) is 6.61 Å². The molecule has 1 N–H and O–H groups in total. The van der Waals surface area contributed by atoms with Gasteiger partial charge in [0.15, 0.2) is 6.61 Å². The van der Waals surface area contributed by atoms with Crippen molar-refractivity contribution in [3.63, 3.8) is 0 Å². The molecular formula is C20H16BrN3O4. The van der Waals surface area contributed by atoms with Gasteiger partial charge in [-0.25, -0.2) is 9.78 Å². The Morgan fingerprint density at radius 1 is 1.29 bits per heavy atom. The number of fused-ring (bicyclic) bond motifs is 1. The number of aromatic nitrogens is 2. The highest BCUT2D eigenvalue weighted by atomic mass is 79.9. The molecule has 0 saturated heterocycles. The van der Waals surface area contributed by atoms with Crippen LogP contribution in [0.4, 0.5) is 0 Å². The number of carbonyl (C=O) groups is 1. The van der Waals surface area contributed by atoms with Gasteiger partial charge in [0, 0.05) is 6.07 Å². The van der Waals surface area contributed by atoms with Gasteiger partial charge in [0.25, 0.3) is 0 Å². The lowest BCUT2D eigenvalue weighted by Crippen LogP contribution is -2.12. The summed E-state index contributed by atoms with van der Waals surface area (Å²) in [5.74, 6) is 1.20. The second-order valence-corrected chi connectivity index (χ2v) is 6.55. The fourth-order valence-corrected chi connectivity index (χ4v) is 2.99. The van der Waals surface area contributed by atoms with E-state index in [1.54, 1.807) is 31.4 Å². The predicted octanol–water partition coefficient (Wildman–Crippen LogP) is 3.95. The van der Waals surface area contributed by atoms with Gasteiger partial charge in [0.1, 0.15) is 23.4 Å². The number of nitrogens with one attached hydrogen (secondary N) is 1. The van der Waals surface area contributed by atoms with E-state index in [0.29, 0.717) is 27.4 Å². The van der Waals surface area contributed by atoms with Crippen molar-refractivity contribution < 1.29 is 19.0 Å². The van der Waals surface area contributed by atoms with E-state index in [1.165, 1.54) is 7.11 Å². The number of carbonyl (C=O) groups excluding carboxylic acids is 1. The van der Waals surface area contributed by atoms with Crippen LogP contribution in [0.1, 0.15) is 11.4 Å². The van der Waals surface area contributed by atoms with Crippen molar-refractivity contribution in [2.75, 3.05) is 20.8 Å². The first-order chi connectivity index (χ1) is 13.5. The Bertz CT molecular complexity index is 1100. The van der Waals surface area contributed by atoms with Crippen molar-refractivity contribution in [3.05, 3.63) is 52.3 Å². The van der Waals surface area contributed by atoms with Gasteiger partial charge in [0.2, 0.25) is 0 Å². The average molecular weight is 442 g/mol. The molecule has 0 atom stereocenters. The zero-order valence-corrected chi connectivity index (χ0v) is 16.7. The van der Waals surface area contributed by atoms with Crippen molar-refractivity contribution in [2.24, 2.45) is 0 Å². The van der Waals surface area contributed by atoms with Crippen LogP contribution in [0, 0.1) is 11.3 Å². The Hall–Kier alpha value is -3.31. The van der Waals surface area contributed by atoms with Gasteiger partial charge in [-0.1, -0.05) is 6.07 Å². The third-order valence-corrected chi connectivity index (χ3v) is 4.52. The van der Waals surface area contributed by atoms with E-state index in [9.17, 15) is 10.1 Å². The number of benzene rings is 2. The molecule has 1 heterocycles. The summed E-state index contributed by atoms with van der Waals surface area (Å²) in [6, 6.07) is 12.9. The number of rotatable bonds is 6. The van der Waals surface area contributed by atoms with Gasteiger partial charge in [0.05, 0.1) is 35.3 Å². The summed E-state index contributed by atoms with van der Waals surface area (Å²) in [7, 11) is 2.89. The van der Waals surface area contributed by atoms with Crippen LogP contribution in [0.2, 0.25) is 0 Å². The summed E-state index contributed by atoms with van der Waals surface area (Å²) in [5, 5.41) is 9.57. The Labute approximate surface area is 169 Å². The first kappa shape index (κ1) is 19.5. The smallest absolute Gasteiger partial charge is 0.343 e. The van der Waals surface area contributed by atoms with E-state index in [4.69, 9.17) is 9.47 Å². The molecule has 0 amide bonds. The highest BCUT2D eigenvalue weighted by Crippen LogP contribution is 2.28. The van der Waals surface area contributed by atoms with Gasteiger partial charge in [-0.2, -0.15) is 5.26 Å². The molecule has 142 valence electrons. The van der Waals surface area contributed by atoms with Crippen LogP contribution in [0.25, 0.3) is 22.7 Å². The SMILES string of the molecule is COC(=O)COc1ccc(/C=C(\C#N)c2nc3ccc(OC)cc3[nH]2)cc1Br. The molecule has 7 nitrogen and oxygen atoms in total. The standard InChI is InChI=1S/C20H16BrN3O4/c1-26-14-4-5-16-17(9-14)24-20(23-16)13(10-22)7-12-3-6-18(15(21)8-12)28-11-19(25)27-2/h3-9H,11H2,1-2H3,(H,23,24)/b13-7+. The molecule has 3 rings (SSSR count). The summed E-state index contributed by atoms with van der Waals surface area (Å²) in [5.41, 5.74) is 2.67. The number of aromatic amines is 1. The minimum Gasteiger partial charge on any atom is -0.497 e. The molecule has 0 aliphatic carbocycles. The molecule has 8 heteroatoms. The lowest BCUT2D eigenvalue weighted by Gasteiger charge is -2.07. The zero-order chi connectivity index (χ0) is 20.1. The molecule has 0 saturated carbocycles. The number of imidazole rings is 1. The number of ether oxygens (including phenoxy) is 3. The van der Waals surface area contributed by atoms with Gasteiger partial charge in [-0.05, 0) is 51.8 Å². The van der Waals surface area contributed by atoms with Crippen LogP contribution in [0.15, 0.2) is 40.9 Å². The maximum Gasteiger partial charge on any atom is 0.343 e. The van der Waals surface area contributed by atoms with E-state index in [2.05, 4.69) is 36.7 Å². The summed E-state index contributed by atoms with van der Waals surface area (Å²) in [6.45, 7) is -0.184. The fraction of sp³-hybridized carbons (Fsp3) is 0.150. The van der Waals surface area contributed by atoms with Crippen LogP contribution in [-0.2, 0) is 9.53 Å². The lowest BCUT2D eigenvalue weighted by atomic mass is 10.1. The largest absolute Gasteiger partial charge is 0.497 e. The van der Waals surface area contributed by atoms with Crippen molar-refractivity contribution in [1.82, 2.24) is 9.97 Å². The van der Waals surface area contributed by atoms with Crippen molar-refractivity contribution in [1.29, 1.82) is 5.26 Å². The number of esters is 1. The molecular weight excluding hydrogens is 426 g/mol. The lowest BCUT2D eigenvalue weighted by molar-refractivity contribution is -0.142. The number of H-pyrrole nitrogens is 1. The molecule has 0 fully saturated rings. The fourth-order valence-electron chi connectivity index (χ4n) is 2.48. The summed E-state index contributed by atoms with van der Waals surface area (Å²) in [6.07, 6.45) is 1.71. The monoisotopic (exact) mass is 441 g/mol. The minimum absolute atomic E-state index is 0.184. The second-order valence-electron chi connectivity index (χ2n) is 5.69. The molecule has 0 bridgehead atoms. The minimum atomic E-state index is -0.468. The molecule has 1 aromatic heterocycles.